The third-order valence-corrected chi connectivity index (χ3v) is 7.45. The summed E-state index contributed by atoms with van der Waals surface area (Å²) in [6.45, 7) is 6.09. The van der Waals surface area contributed by atoms with E-state index in [-0.39, 0.29) is 17.7 Å². The molecule has 1 atom stereocenters. The molecule has 33 heavy (non-hydrogen) atoms. The summed E-state index contributed by atoms with van der Waals surface area (Å²) in [7, 11) is 0. The lowest BCUT2D eigenvalue weighted by atomic mass is 9.73. The van der Waals surface area contributed by atoms with Crippen molar-refractivity contribution in [2.75, 3.05) is 39.4 Å². The summed E-state index contributed by atoms with van der Waals surface area (Å²) in [6.07, 6.45) is 8.36. The first-order valence-corrected chi connectivity index (χ1v) is 12.5. The van der Waals surface area contributed by atoms with Crippen molar-refractivity contribution in [3.63, 3.8) is 0 Å². The molecule has 0 aliphatic carbocycles. The molecule has 1 spiro atoms. The van der Waals surface area contributed by atoms with Crippen molar-refractivity contribution < 1.29 is 19.1 Å². The number of nitrogens with zero attached hydrogens (tertiary/aromatic N) is 4. The van der Waals surface area contributed by atoms with Gasteiger partial charge in [-0.25, -0.2) is 0 Å². The third kappa shape index (κ3) is 5.23. The lowest BCUT2D eigenvalue weighted by Gasteiger charge is -2.43. The van der Waals surface area contributed by atoms with Crippen LogP contribution in [0, 0.1) is 5.41 Å². The van der Waals surface area contributed by atoms with Gasteiger partial charge in [0.25, 0.3) is 5.91 Å². The predicted octanol–water partition coefficient (Wildman–Crippen LogP) is 1.82. The minimum absolute atomic E-state index is 0.0685. The van der Waals surface area contributed by atoms with E-state index in [9.17, 15) is 14.4 Å². The molecule has 1 aromatic heterocycles. The minimum atomic E-state index is -0.507. The fourth-order valence-corrected chi connectivity index (χ4v) is 5.42. The maximum Gasteiger partial charge on any atom is 0.274 e. The van der Waals surface area contributed by atoms with Crippen molar-refractivity contribution in [2.45, 2.75) is 70.9 Å². The van der Waals surface area contributed by atoms with Gasteiger partial charge < -0.3 is 19.9 Å². The molecule has 1 N–H and O–H groups in total. The molecule has 3 aliphatic rings. The highest BCUT2D eigenvalue weighted by Crippen LogP contribution is 2.40. The summed E-state index contributed by atoms with van der Waals surface area (Å²) < 4.78 is 7.39. The van der Waals surface area contributed by atoms with Crippen LogP contribution in [-0.2, 0) is 20.9 Å². The fraction of sp³-hybridized carbons (Fsp3) is 0.750. The van der Waals surface area contributed by atoms with Crippen LogP contribution in [-0.4, -0.2) is 82.7 Å². The number of carbonyl (C=O) groups is 3. The standard InChI is InChI=1S/C24H37N5O4/c1-2-28-14-8-19(26-28)22(31)27-15-10-24(11-16-27)9-4-3-5-17-33-18-12-25-21(30)20-7-6-13-29(20)23(24)32/h8,14,20H,2-7,9-13,15-18H2,1H3,(H,25,30)/t20-/m0/s1. The van der Waals surface area contributed by atoms with Crippen molar-refractivity contribution in [2.24, 2.45) is 5.41 Å². The van der Waals surface area contributed by atoms with E-state index in [2.05, 4.69) is 10.4 Å². The summed E-state index contributed by atoms with van der Waals surface area (Å²) in [6, 6.07) is 1.37. The first-order chi connectivity index (χ1) is 16.0. The average Bonchev–Trinajstić information content (AvgIpc) is 3.52. The molecule has 0 radical (unpaired) electrons. The van der Waals surface area contributed by atoms with E-state index < -0.39 is 11.5 Å². The molecule has 0 aromatic carbocycles. The Labute approximate surface area is 195 Å². The number of hydrogen-bond donors (Lipinski definition) is 1. The molecule has 0 bridgehead atoms. The van der Waals surface area contributed by atoms with Crippen molar-refractivity contribution >= 4 is 17.7 Å². The van der Waals surface area contributed by atoms with Crippen LogP contribution in [0.1, 0.15) is 68.8 Å². The predicted molar refractivity (Wildman–Crippen MR) is 123 cm³/mol. The van der Waals surface area contributed by atoms with E-state index in [0.717, 1.165) is 38.6 Å². The van der Waals surface area contributed by atoms with Gasteiger partial charge in [-0.2, -0.15) is 5.10 Å². The Hall–Kier alpha value is -2.42. The third-order valence-electron chi connectivity index (χ3n) is 7.45. The summed E-state index contributed by atoms with van der Waals surface area (Å²) in [5.41, 5.74) is -0.0469. The van der Waals surface area contributed by atoms with Gasteiger partial charge in [0.2, 0.25) is 11.8 Å². The van der Waals surface area contributed by atoms with E-state index in [4.69, 9.17) is 4.74 Å². The molecule has 9 heteroatoms. The lowest BCUT2D eigenvalue weighted by Crippen LogP contribution is -2.55. The molecular weight excluding hydrogens is 422 g/mol. The van der Waals surface area contributed by atoms with Crippen LogP contribution in [0.5, 0.6) is 0 Å². The second-order valence-corrected chi connectivity index (χ2v) is 9.50. The Bertz CT molecular complexity index is 846. The zero-order chi connectivity index (χ0) is 23.3. The van der Waals surface area contributed by atoms with E-state index in [1.807, 2.05) is 22.9 Å². The number of likely N-dealkylation sites (tertiary alicyclic amines) is 1. The number of fused-ring (bicyclic) bond motifs is 1. The molecule has 1 aromatic rings. The topological polar surface area (TPSA) is 96.8 Å². The average molecular weight is 460 g/mol. The normalized spacial score (nSPS) is 24.9. The largest absolute Gasteiger partial charge is 0.380 e. The van der Waals surface area contributed by atoms with Crippen LogP contribution in [0.3, 0.4) is 0 Å². The number of ether oxygens (including phenoxy) is 1. The highest BCUT2D eigenvalue weighted by Gasteiger charge is 2.47. The summed E-state index contributed by atoms with van der Waals surface area (Å²) in [4.78, 5) is 43.3. The van der Waals surface area contributed by atoms with Gasteiger partial charge in [0, 0.05) is 45.5 Å². The zero-order valence-corrected chi connectivity index (χ0v) is 19.8. The van der Waals surface area contributed by atoms with Gasteiger partial charge in [-0.3, -0.25) is 19.1 Å². The zero-order valence-electron chi connectivity index (χ0n) is 19.8. The second kappa shape index (κ2) is 10.7. The van der Waals surface area contributed by atoms with Crippen molar-refractivity contribution in [3.8, 4) is 0 Å². The second-order valence-electron chi connectivity index (χ2n) is 9.50. The molecule has 3 amide bonds. The molecule has 182 valence electrons. The summed E-state index contributed by atoms with van der Waals surface area (Å²) >= 11 is 0. The van der Waals surface area contributed by atoms with Crippen LogP contribution in [0.15, 0.2) is 12.3 Å². The first-order valence-electron chi connectivity index (χ1n) is 12.5. The van der Waals surface area contributed by atoms with Crippen molar-refractivity contribution in [1.29, 1.82) is 0 Å². The molecular formula is C24H37N5O4. The van der Waals surface area contributed by atoms with Crippen LogP contribution >= 0.6 is 0 Å². The highest BCUT2D eigenvalue weighted by molar-refractivity contribution is 5.93. The van der Waals surface area contributed by atoms with Crippen molar-refractivity contribution in [3.05, 3.63) is 18.0 Å². The van der Waals surface area contributed by atoms with Crippen molar-refractivity contribution in [1.82, 2.24) is 24.9 Å². The Kier molecular flexibility index (Phi) is 7.67. The number of aromatic nitrogens is 2. The van der Waals surface area contributed by atoms with Gasteiger partial charge in [0.05, 0.1) is 12.0 Å². The van der Waals surface area contributed by atoms with Gasteiger partial charge in [-0.05, 0) is 51.5 Å². The molecule has 4 rings (SSSR count). The number of hydrogen-bond acceptors (Lipinski definition) is 5. The van der Waals surface area contributed by atoms with E-state index >= 15 is 0 Å². The summed E-state index contributed by atoms with van der Waals surface area (Å²) in [5, 5.41) is 7.30. The van der Waals surface area contributed by atoms with Gasteiger partial charge in [0.15, 0.2) is 0 Å². The van der Waals surface area contributed by atoms with E-state index in [0.29, 0.717) is 64.3 Å². The fourth-order valence-electron chi connectivity index (χ4n) is 5.42. The molecule has 3 fully saturated rings. The highest BCUT2D eigenvalue weighted by atomic mass is 16.5. The molecule has 3 aliphatic heterocycles. The van der Waals surface area contributed by atoms with E-state index in [1.54, 1.807) is 10.7 Å². The number of amides is 3. The molecule has 9 nitrogen and oxygen atoms in total. The van der Waals surface area contributed by atoms with E-state index in [1.165, 1.54) is 0 Å². The van der Waals surface area contributed by atoms with Crippen LogP contribution in [0.25, 0.3) is 0 Å². The quantitative estimate of drug-likeness (QED) is 0.728. The molecule has 0 unspecified atom stereocenters. The summed E-state index contributed by atoms with van der Waals surface area (Å²) in [5.74, 6) is -0.0347. The SMILES string of the molecule is CCn1ccc(C(=O)N2CCC3(CCCCCOCCNC(=O)[C@@H]4CCCN4C3=O)CC2)n1. The van der Waals surface area contributed by atoms with Crippen LogP contribution < -0.4 is 5.32 Å². The number of aryl methyl sites for hydroxylation is 1. The van der Waals surface area contributed by atoms with Crippen LogP contribution in [0.2, 0.25) is 0 Å². The van der Waals surface area contributed by atoms with Gasteiger partial charge >= 0.3 is 0 Å². The number of piperidine rings is 1. The molecule has 0 saturated carbocycles. The van der Waals surface area contributed by atoms with Gasteiger partial charge in [-0.15, -0.1) is 0 Å². The number of nitrogens with one attached hydrogen (secondary N) is 1. The maximum absolute atomic E-state index is 13.9. The minimum Gasteiger partial charge on any atom is -0.380 e. The first kappa shape index (κ1) is 23.7. The monoisotopic (exact) mass is 459 g/mol. The maximum atomic E-state index is 13.9. The van der Waals surface area contributed by atoms with Gasteiger partial charge in [-0.1, -0.05) is 12.8 Å². The smallest absolute Gasteiger partial charge is 0.274 e. The Morgan fingerprint density at radius 1 is 1.12 bits per heavy atom. The number of carbonyl (C=O) groups excluding carboxylic acids is 3. The Morgan fingerprint density at radius 2 is 1.94 bits per heavy atom. The van der Waals surface area contributed by atoms with Gasteiger partial charge in [0.1, 0.15) is 11.7 Å². The number of rotatable bonds is 2. The lowest BCUT2D eigenvalue weighted by molar-refractivity contribution is -0.150. The van der Waals surface area contributed by atoms with Crippen LogP contribution in [0.4, 0.5) is 0 Å². The molecule has 4 heterocycles. The Morgan fingerprint density at radius 3 is 2.70 bits per heavy atom. The molecule has 3 saturated heterocycles. The Balaban J connectivity index is 1.48.